The quantitative estimate of drug-likeness (QED) is 0.193. The highest BCUT2D eigenvalue weighted by molar-refractivity contribution is 5.99. The summed E-state index contributed by atoms with van der Waals surface area (Å²) in [5.74, 6) is 0.0161. The first-order chi connectivity index (χ1) is 19.9. The summed E-state index contributed by atoms with van der Waals surface area (Å²) in [5.41, 5.74) is 0.107. The smallest absolute Gasteiger partial charge is 0.416 e. The Morgan fingerprint density at radius 1 is 1.12 bits per heavy atom. The predicted octanol–water partition coefficient (Wildman–Crippen LogP) is 5.77. The standard InChI is InChI=1S/C29H29F5N6O2/c1-16-5-6-18-19(7-8-21(30)24(18)38-14-23(41)29(32,33)34)25(16)42-26-20(4-3-10-36-26)22-9-11-37-27(40-22)39-17-12-28(2,31)15-35-13-17/h3-11,17,23,35,38,41H,12-15H2,1-2H3,(H,37,39,40)/t17?,23-,28-/m0/s1. The van der Waals surface area contributed by atoms with Gasteiger partial charge in [0.05, 0.1) is 16.9 Å². The Labute approximate surface area is 238 Å². The number of aryl methyl sites for hydroxylation is 1. The number of halogens is 5. The van der Waals surface area contributed by atoms with Crippen LogP contribution < -0.4 is 20.7 Å². The molecule has 1 saturated heterocycles. The second kappa shape index (κ2) is 11.6. The normalized spacial score (nSPS) is 19.9. The summed E-state index contributed by atoms with van der Waals surface area (Å²) >= 11 is 0. The Kier molecular flexibility index (Phi) is 8.15. The van der Waals surface area contributed by atoms with Gasteiger partial charge in [-0.3, -0.25) is 0 Å². The number of nitrogens with zero attached hydrogens (tertiary/aromatic N) is 3. The van der Waals surface area contributed by atoms with Crippen molar-refractivity contribution in [3.8, 4) is 22.9 Å². The van der Waals surface area contributed by atoms with E-state index in [-0.39, 0.29) is 29.5 Å². The van der Waals surface area contributed by atoms with Gasteiger partial charge in [0.2, 0.25) is 11.8 Å². The highest BCUT2D eigenvalue weighted by atomic mass is 19.4. The number of pyridine rings is 1. The van der Waals surface area contributed by atoms with E-state index in [2.05, 4.69) is 30.9 Å². The summed E-state index contributed by atoms with van der Waals surface area (Å²) in [5, 5.41) is 18.7. The first-order valence-corrected chi connectivity index (χ1v) is 13.2. The van der Waals surface area contributed by atoms with E-state index in [0.29, 0.717) is 46.9 Å². The number of fused-ring (bicyclic) bond motifs is 1. The van der Waals surface area contributed by atoms with Crippen molar-refractivity contribution in [2.24, 2.45) is 0 Å². The Morgan fingerprint density at radius 3 is 2.67 bits per heavy atom. The second-order valence-electron chi connectivity index (χ2n) is 10.5. The fraction of sp³-hybridized carbons (Fsp3) is 0.345. The lowest BCUT2D eigenvalue weighted by molar-refractivity contribution is -0.198. The van der Waals surface area contributed by atoms with Crippen LogP contribution in [0.25, 0.3) is 22.0 Å². The minimum absolute atomic E-state index is 0.180. The lowest BCUT2D eigenvalue weighted by Gasteiger charge is -2.33. The molecule has 4 aromatic rings. The Hall–Kier alpha value is -4.10. The van der Waals surface area contributed by atoms with Crippen molar-refractivity contribution in [3.05, 3.63) is 66.2 Å². The molecule has 0 amide bonds. The molecule has 2 aromatic carbocycles. The number of hydrogen-bond acceptors (Lipinski definition) is 8. The van der Waals surface area contributed by atoms with Crippen molar-refractivity contribution in [1.82, 2.24) is 20.3 Å². The van der Waals surface area contributed by atoms with Crippen LogP contribution in [0.15, 0.2) is 54.9 Å². The van der Waals surface area contributed by atoms with Crippen LogP contribution in [0.3, 0.4) is 0 Å². The summed E-state index contributed by atoms with van der Waals surface area (Å²) in [6.45, 7) is 3.21. The zero-order chi connectivity index (χ0) is 30.1. The third-order valence-electron chi connectivity index (χ3n) is 6.94. The number of anilines is 2. The molecule has 1 aliphatic rings. The number of aliphatic hydroxyl groups excluding tert-OH is 1. The highest BCUT2D eigenvalue weighted by Crippen LogP contribution is 2.39. The SMILES string of the molecule is Cc1ccc2c(NC[C@H](O)C(F)(F)F)c(F)ccc2c1Oc1ncccc1-c1ccnc(NC2CNC[C@@](C)(F)C2)n1. The van der Waals surface area contributed by atoms with Crippen LogP contribution in [0.2, 0.25) is 0 Å². The van der Waals surface area contributed by atoms with Gasteiger partial charge in [-0.2, -0.15) is 13.2 Å². The molecular weight excluding hydrogens is 559 g/mol. The molecule has 13 heteroatoms. The largest absolute Gasteiger partial charge is 0.437 e. The highest BCUT2D eigenvalue weighted by Gasteiger charge is 2.38. The van der Waals surface area contributed by atoms with Crippen molar-refractivity contribution in [3.63, 3.8) is 0 Å². The molecule has 2 aromatic heterocycles. The molecule has 222 valence electrons. The Bertz CT molecular complexity index is 1580. The van der Waals surface area contributed by atoms with Crippen molar-refractivity contribution in [1.29, 1.82) is 0 Å². The third kappa shape index (κ3) is 6.52. The molecule has 3 heterocycles. The van der Waals surface area contributed by atoms with E-state index in [1.807, 2.05) is 0 Å². The van der Waals surface area contributed by atoms with Crippen LogP contribution in [-0.2, 0) is 0 Å². The fourth-order valence-electron chi connectivity index (χ4n) is 4.88. The first-order valence-electron chi connectivity index (χ1n) is 13.2. The minimum Gasteiger partial charge on any atom is -0.437 e. The number of aromatic nitrogens is 3. The van der Waals surface area contributed by atoms with Crippen LogP contribution in [0.5, 0.6) is 11.6 Å². The van der Waals surface area contributed by atoms with E-state index in [1.165, 1.54) is 12.3 Å². The lowest BCUT2D eigenvalue weighted by Crippen LogP contribution is -2.50. The number of aliphatic hydroxyl groups is 1. The average molecular weight is 589 g/mol. The summed E-state index contributed by atoms with van der Waals surface area (Å²) in [4.78, 5) is 13.2. The van der Waals surface area contributed by atoms with Crippen molar-refractivity contribution in [2.45, 2.75) is 44.3 Å². The topological polar surface area (TPSA) is 104 Å². The molecule has 1 unspecified atom stereocenters. The molecule has 1 fully saturated rings. The lowest BCUT2D eigenvalue weighted by atomic mass is 9.95. The van der Waals surface area contributed by atoms with E-state index in [1.54, 1.807) is 50.4 Å². The van der Waals surface area contributed by atoms with Gasteiger partial charge in [0, 0.05) is 55.3 Å². The van der Waals surface area contributed by atoms with Gasteiger partial charge in [0.25, 0.3) is 0 Å². The van der Waals surface area contributed by atoms with Crippen molar-refractivity contribution < 1.29 is 31.8 Å². The zero-order valence-electron chi connectivity index (χ0n) is 22.8. The van der Waals surface area contributed by atoms with Crippen molar-refractivity contribution >= 4 is 22.4 Å². The number of rotatable bonds is 8. The predicted molar refractivity (Wildman–Crippen MR) is 149 cm³/mol. The number of benzene rings is 2. The Balaban J connectivity index is 1.45. The zero-order valence-corrected chi connectivity index (χ0v) is 22.8. The summed E-state index contributed by atoms with van der Waals surface area (Å²) in [6.07, 6.45) is -4.15. The van der Waals surface area contributed by atoms with Gasteiger partial charge in [-0.15, -0.1) is 0 Å². The average Bonchev–Trinajstić information content (AvgIpc) is 2.93. The van der Waals surface area contributed by atoms with Crippen LogP contribution in [0.4, 0.5) is 33.6 Å². The number of piperidine rings is 1. The molecule has 8 nitrogen and oxygen atoms in total. The molecule has 0 saturated carbocycles. The number of ether oxygens (including phenoxy) is 1. The summed E-state index contributed by atoms with van der Waals surface area (Å²) < 4.78 is 74.0. The maximum Gasteiger partial charge on any atom is 0.416 e. The summed E-state index contributed by atoms with van der Waals surface area (Å²) in [7, 11) is 0. The molecule has 0 radical (unpaired) electrons. The van der Waals surface area contributed by atoms with Gasteiger partial charge in [-0.05, 0) is 49.7 Å². The number of hydrogen-bond donors (Lipinski definition) is 4. The molecule has 4 N–H and O–H groups in total. The van der Waals surface area contributed by atoms with E-state index in [4.69, 9.17) is 4.74 Å². The molecular formula is C29H29F5N6O2. The van der Waals surface area contributed by atoms with E-state index in [0.717, 1.165) is 6.07 Å². The number of alkyl halides is 4. The van der Waals surface area contributed by atoms with Crippen molar-refractivity contribution in [2.75, 3.05) is 30.3 Å². The second-order valence-corrected chi connectivity index (χ2v) is 10.5. The maximum atomic E-state index is 14.7. The van der Waals surface area contributed by atoms with Gasteiger partial charge < -0.3 is 25.8 Å². The minimum atomic E-state index is -4.86. The summed E-state index contributed by atoms with van der Waals surface area (Å²) in [6, 6.07) is 10.7. The molecule has 5 rings (SSSR count). The van der Waals surface area contributed by atoms with Gasteiger partial charge in [-0.25, -0.2) is 23.7 Å². The molecule has 42 heavy (non-hydrogen) atoms. The van der Waals surface area contributed by atoms with E-state index >= 15 is 0 Å². The first kappa shape index (κ1) is 29.4. The monoisotopic (exact) mass is 588 g/mol. The van der Waals surface area contributed by atoms with Crippen LogP contribution >= 0.6 is 0 Å². The maximum absolute atomic E-state index is 14.7. The fourth-order valence-corrected chi connectivity index (χ4v) is 4.88. The Morgan fingerprint density at radius 2 is 1.90 bits per heavy atom. The molecule has 0 spiro atoms. The number of nitrogens with one attached hydrogen (secondary N) is 3. The van der Waals surface area contributed by atoms with Crippen LogP contribution in [-0.4, -0.2) is 63.7 Å². The molecule has 0 aliphatic carbocycles. The van der Waals surface area contributed by atoms with E-state index < -0.39 is 30.3 Å². The third-order valence-corrected chi connectivity index (χ3v) is 6.94. The molecule has 0 bridgehead atoms. The van der Waals surface area contributed by atoms with Gasteiger partial charge in [0.15, 0.2) is 6.10 Å². The van der Waals surface area contributed by atoms with Crippen LogP contribution in [0.1, 0.15) is 18.9 Å². The van der Waals surface area contributed by atoms with E-state index in [9.17, 15) is 27.1 Å². The molecule has 3 atom stereocenters. The van der Waals surface area contributed by atoms with Gasteiger partial charge >= 0.3 is 6.18 Å². The molecule has 1 aliphatic heterocycles. The van der Waals surface area contributed by atoms with Gasteiger partial charge in [0.1, 0.15) is 17.2 Å². The van der Waals surface area contributed by atoms with Gasteiger partial charge in [-0.1, -0.05) is 12.1 Å². The van der Waals surface area contributed by atoms with Crippen LogP contribution in [0, 0.1) is 12.7 Å².